The van der Waals surface area contributed by atoms with Gasteiger partial charge in [-0.1, -0.05) is 25.4 Å². The number of hydrogen-bond donors (Lipinski definition) is 2. The number of rotatable bonds is 3. The van der Waals surface area contributed by atoms with Crippen LogP contribution in [0.4, 0.5) is 14.9 Å². The van der Waals surface area contributed by atoms with Crippen molar-refractivity contribution in [1.29, 1.82) is 0 Å². The Bertz CT molecular complexity index is 642. The van der Waals surface area contributed by atoms with Crippen LogP contribution in [0.2, 0.25) is 5.02 Å². The molecule has 0 aliphatic carbocycles. The highest BCUT2D eigenvalue weighted by Crippen LogP contribution is 2.37. The summed E-state index contributed by atoms with van der Waals surface area (Å²) in [7, 11) is 0. The van der Waals surface area contributed by atoms with Gasteiger partial charge in [-0.3, -0.25) is 5.32 Å². The molecule has 2 N–H and O–H groups in total. The summed E-state index contributed by atoms with van der Waals surface area (Å²) in [6, 6.07) is 1.08. The third-order valence-electron chi connectivity index (χ3n) is 2.43. The molecule has 0 fully saturated rings. The Morgan fingerprint density at radius 1 is 1.63 bits per heavy atom. The van der Waals surface area contributed by atoms with Gasteiger partial charge < -0.3 is 5.11 Å². The molecule has 0 spiro atoms. The highest BCUT2D eigenvalue weighted by molar-refractivity contribution is 7.19. The van der Waals surface area contributed by atoms with Crippen LogP contribution >= 0.6 is 22.9 Å². The van der Waals surface area contributed by atoms with E-state index in [-0.39, 0.29) is 10.7 Å². The average molecular weight is 303 g/mol. The molecule has 102 valence electrons. The quantitative estimate of drug-likeness (QED) is 0.884. The van der Waals surface area contributed by atoms with E-state index in [1.54, 1.807) is 0 Å². The van der Waals surface area contributed by atoms with E-state index in [0.717, 1.165) is 17.5 Å². The number of carbonyl (C=O) groups is 1. The molecule has 19 heavy (non-hydrogen) atoms. The van der Waals surface area contributed by atoms with Gasteiger partial charge in [0.05, 0.1) is 20.4 Å². The summed E-state index contributed by atoms with van der Waals surface area (Å²) in [6.07, 6.45) is -0.578. The molecule has 0 saturated carbocycles. The van der Waals surface area contributed by atoms with Crippen LogP contribution in [-0.2, 0) is 6.42 Å². The van der Waals surface area contributed by atoms with Crippen LogP contribution in [0.1, 0.15) is 18.9 Å². The van der Waals surface area contributed by atoms with Crippen LogP contribution < -0.4 is 5.32 Å². The molecule has 2 aromatic rings. The molecule has 1 aromatic carbocycles. The third kappa shape index (κ3) is 2.96. The molecule has 0 aliphatic heterocycles. The average Bonchev–Trinajstić information content (AvgIpc) is 2.67. The lowest BCUT2D eigenvalue weighted by Crippen LogP contribution is -2.08. The van der Waals surface area contributed by atoms with E-state index in [1.807, 2.05) is 13.8 Å². The van der Waals surface area contributed by atoms with Crippen molar-refractivity contribution in [1.82, 2.24) is 4.98 Å². The molecule has 0 saturated heterocycles. The Morgan fingerprint density at radius 2 is 2.32 bits per heavy atom. The molecular weight excluding hydrogens is 291 g/mol. The first-order chi connectivity index (χ1) is 8.88. The second-order valence-corrected chi connectivity index (χ2v) is 6.02. The van der Waals surface area contributed by atoms with E-state index in [9.17, 15) is 9.18 Å². The van der Waals surface area contributed by atoms with Gasteiger partial charge in [-0.15, -0.1) is 11.3 Å². The summed E-state index contributed by atoms with van der Waals surface area (Å²) < 4.78 is 14.2. The first kappa shape index (κ1) is 14.0. The second kappa shape index (κ2) is 5.30. The number of carboxylic acid groups (broad SMARTS) is 1. The normalized spacial score (nSPS) is 11.2. The van der Waals surface area contributed by atoms with Crippen molar-refractivity contribution in [3.63, 3.8) is 0 Å². The van der Waals surface area contributed by atoms with Gasteiger partial charge in [0, 0.05) is 6.42 Å². The number of amides is 1. The standard InChI is InChI=1S/C12H12ClFN2O2S/c1-5(2)3-8-15-9-6(13)4-7(14)10(11(9)19-8)16-12(17)18/h4-5,16H,3H2,1-2H3,(H,17,18). The Balaban J connectivity index is 2.60. The van der Waals surface area contributed by atoms with Gasteiger partial charge >= 0.3 is 6.09 Å². The van der Waals surface area contributed by atoms with Gasteiger partial charge in [-0.2, -0.15) is 0 Å². The summed E-state index contributed by atoms with van der Waals surface area (Å²) in [6.45, 7) is 4.09. The first-order valence-electron chi connectivity index (χ1n) is 5.66. The van der Waals surface area contributed by atoms with Crippen LogP contribution in [0.3, 0.4) is 0 Å². The number of hydrogen-bond acceptors (Lipinski definition) is 3. The van der Waals surface area contributed by atoms with Crippen LogP contribution in [0.5, 0.6) is 0 Å². The SMILES string of the molecule is CC(C)Cc1nc2c(Cl)cc(F)c(NC(=O)O)c2s1. The van der Waals surface area contributed by atoms with Gasteiger partial charge in [-0.25, -0.2) is 14.2 Å². The maximum atomic E-state index is 13.8. The molecule has 0 unspecified atom stereocenters. The summed E-state index contributed by atoms with van der Waals surface area (Å²) in [4.78, 5) is 15.1. The Hall–Kier alpha value is -1.40. The summed E-state index contributed by atoms with van der Waals surface area (Å²) >= 11 is 7.21. The molecular formula is C12H12ClFN2O2S. The second-order valence-electron chi connectivity index (χ2n) is 4.53. The molecule has 1 aromatic heterocycles. The zero-order chi connectivity index (χ0) is 14.2. The van der Waals surface area contributed by atoms with Crippen molar-refractivity contribution in [2.24, 2.45) is 5.92 Å². The van der Waals surface area contributed by atoms with E-state index in [4.69, 9.17) is 16.7 Å². The van der Waals surface area contributed by atoms with Crippen LogP contribution in [0, 0.1) is 11.7 Å². The number of nitrogens with one attached hydrogen (secondary N) is 1. The van der Waals surface area contributed by atoms with Crippen molar-refractivity contribution >= 4 is 44.9 Å². The van der Waals surface area contributed by atoms with Gasteiger partial charge in [0.1, 0.15) is 11.3 Å². The lowest BCUT2D eigenvalue weighted by Gasteiger charge is -2.04. The number of halogens is 2. The Kier molecular flexibility index (Phi) is 3.91. The molecule has 0 bridgehead atoms. The lowest BCUT2D eigenvalue weighted by atomic mass is 10.1. The predicted octanol–water partition coefficient (Wildman–Crippen LogP) is 4.38. The smallest absolute Gasteiger partial charge is 0.409 e. The molecule has 0 aliphatic rings. The lowest BCUT2D eigenvalue weighted by molar-refractivity contribution is 0.209. The van der Waals surface area contributed by atoms with Gasteiger partial charge in [0.25, 0.3) is 0 Å². The fraction of sp³-hybridized carbons (Fsp3) is 0.333. The summed E-state index contributed by atoms with van der Waals surface area (Å²) in [5.41, 5.74) is 0.354. The molecule has 1 amide bonds. The zero-order valence-electron chi connectivity index (χ0n) is 10.3. The number of benzene rings is 1. The van der Waals surface area contributed by atoms with Crippen LogP contribution in [-0.4, -0.2) is 16.2 Å². The highest BCUT2D eigenvalue weighted by Gasteiger charge is 2.18. The minimum Gasteiger partial charge on any atom is -0.465 e. The van der Waals surface area contributed by atoms with E-state index in [0.29, 0.717) is 16.1 Å². The van der Waals surface area contributed by atoms with E-state index < -0.39 is 11.9 Å². The molecule has 2 rings (SSSR count). The number of fused-ring (bicyclic) bond motifs is 1. The molecule has 0 atom stereocenters. The number of anilines is 1. The Morgan fingerprint density at radius 3 is 2.89 bits per heavy atom. The maximum Gasteiger partial charge on any atom is 0.409 e. The number of thiazole rings is 1. The summed E-state index contributed by atoms with van der Waals surface area (Å²) in [5, 5.41) is 11.8. The minimum atomic E-state index is -1.32. The van der Waals surface area contributed by atoms with Gasteiger partial charge in [0.2, 0.25) is 0 Å². The van der Waals surface area contributed by atoms with E-state index in [2.05, 4.69) is 10.3 Å². The minimum absolute atomic E-state index is 0.0839. The van der Waals surface area contributed by atoms with Crippen LogP contribution in [0.15, 0.2) is 6.07 Å². The van der Waals surface area contributed by atoms with Crippen molar-refractivity contribution in [3.8, 4) is 0 Å². The van der Waals surface area contributed by atoms with Crippen molar-refractivity contribution in [2.45, 2.75) is 20.3 Å². The molecule has 7 heteroatoms. The largest absolute Gasteiger partial charge is 0.465 e. The maximum absolute atomic E-state index is 13.8. The van der Waals surface area contributed by atoms with E-state index >= 15 is 0 Å². The molecule has 0 radical (unpaired) electrons. The molecule has 4 nitrogen and oxygen atoms in total. The monoisotopic (exact) mass is 302 g/mol. The Labute approximate surface area is 118 Å². The van der Waals surface area contributed by atoms with Crippen molar-refractivity contribution < 1.29 is 14.3 Å². The third-order valence-corrected chi connectivity index (χ3v) is 3.82. The number of nitrogens with zero attached hydrogens (tertiary/aromatic N) is 1. The van der Waals surface area contributed by atoms with Crippen molar-refractivity contribution in [2.75, 3.05) is 5.32 Å². The predicted molar refractivity (Wildman–Crippen MR) is 74.8 cm³/mol. The first-order valence-corrected chi connectivity index (χ1v) is 6.85. The fourth-order valence-corrected chi connectivity index (χ4v) is 3.30. The number of aromatic nitrogens is 1. The van der Waals surface area contributed by atoms with Crippen molar-refractivity contribution in [3.05, 3.63) is 21.9 Å². The fourth-order valence-electron chi connectivity index (χ4n) is 1.72. The zero-order valence-corrected chi connectivity index (χ0v) is 11.9. The van der Waals surface area contributed by atoms with E-state index in [1.165, 1.54) is 11.3 Å². The van der Waals surface area contributed by atoms with Gasteiger partial charge in [-0.05, 0) is 12.0 Å². The topological polar surface area (TPSA) is 62.2 Å². The molecule has 1 heterocycles. The highest BCUT2D eigenvalue weighted by atomic mass is 35.5. The summed E-state index contributed by atoms with van der Waals surface area (Å²) in [5.74, 6) is -0.292. The van der Waals surface area contributed by atoms with Gasteiger partial charge in [0.15, 0.2) is 0 Å². The van der Waals surface area contributed by atoms with Crippen LogP contribution in [0.25, 0.3) is 10.2 Å².